The maximum absolute atomic E-state index is 2.55. The van der Waals surface area contributed by atoms with E-state index in [1.807, 2.05) is 0 Å². The average molecular weight is 907 g/mol. The van der Waals surface area contributed by atoms with Gasteiger partial charge in [-0.1, -0.05) is 170 Å². The topological polar surface area (TPSA) is 19.7 Å². The Bertz CT molecular complexity index is 4480. The number of benzene rings is 10. The molecule has 1 atom stereocenters. The molecule has 0 saturated carbocycles. The molecule has 0 radical (unpaired) electrons. The minimum absolute atomic E-state index is 0.239. The molecule has 1 aliphatic carbocycles. The SMILES string of the molecule is CC1(n2c3ccccc3c3ccccc32)C=CC(n2c3ccccc3c3ccc(-c4cccc5c4c4ccccc4n5-c4cccc(-c5cccc(-n6c7ccccc7c7ccccc76)c5)c4)cc32)=CC1. The lowest BCUT2D eigenvalue weighted by atomic mass is 9.91. The summed E-state index contributed by atoms with van der Waals surface area (Å²) in [6.07, 6.45) is 8.10. The first-order valence-corrected chi connectivity index (χ1v) is 24.7. The maximum atomic E-state index is 2.55. The van der Waals surface area contributed by atoms with Crippen LogP contribution in [0.2, 0.25) is 0 Å². The Hall–Kier alpha value is -9.12. The van der Waals surface area contributed by atoms with Crippen molar-refractivity contribution >= 4 is 92.9 Å². The molecule has 0 N–H and O–H groups in total. The third kappa shape index (κ3) is 5.85. The first-order chi connectivity index (χ1) is 35.1. The smallest absolute Gasteiger partial charge is 0.0644 e. The van der Waals surface area contributed by atoms with Crippen molar-refractivity contribution in [1.82, 2.24) is 18.3 Å². The van der Waals surface area contributed by atoms with Gasteiger partial charge in [-0.25, -0.2) is 0 Å². The Kier molecular flexibility index (Phi) is 8.52. The highest BCUT2D eigenvalue weighted by atomic mass is 15.1. The van der Waals surface area contributed by atoms with Gasteiger partial charge in [-0.05, 0) is 114 Å². The summed E-state index contributed by atoms with van der Waals surface area (Å²) in [6, 6.07) is 84.8. The van der Waals surface area contributed by atoms with Gasteiger partial charge in [0.05, 0.1) is 38.6 Å². The van der Waals surface area contributed by atoms with Gasteiger partial charge < -0.3 is 18.3 Å². The van der Waals surface area contributed by atoms with Gasteiger partial charge in [0.15, 0.2) is 0 Å². The van der Waals surface area contributed by atoms with Crippen LogP contribution in [0.3, 0.4) is 0 Å². The number of hydrogen-bond acceptors (Lipinski definition) is 0. The van der Waals surface area contributed by atoms with Crippen molar-refractivity contribution in [1.29, 1.82) is 0 Å². The highest BCUT2D eigenvalue weighted by Crippen LogP contribution is 2.44. The number of rotatable bonds is 6. The molecule has 15 rings (SSSR count). The standard InChI is InChI=1S/C67H46N4/c1-67(71-62-32-12-5-24-54(62)55-25-6-13-33-63(55)71)39-37-47(38-40-67)68-58-28-8-4-23-53(58)56-36-35-46(43-65(56)68)50-27-16-34-64-66(50)57-26-7-11-31-61(57)70(64)49-20-15-18-45(42-49)44-17-14-19-48(41-44)69-59-29-9-2-21-51(59)52-22-3-10-30-60(52)69/h2-39,41-43H,40H2,1H3. The fourth-order valence-corrected chi connectivity index (χ4v) is 12.3. The van der Waals surface area contributed by atoms with Crippen molar-refractivity contribution in [3.63, 3.8) is 0 Å². The van der Waals surface area contributed by atoms with Crippen LogP contribution in [0, 0.1) is 0 Å². The molecule has 4 heteroatoms. The lowest BCUT2D eigenvalue weighted by Crippen LogP contribution is -2.28. The van der Waals surface area contributed by atoms with Gasteiger partial charge in [0.25, 0.3) is 0 Å². The van der Waals surface area contributed by atoms with Crippen LogP contribution in [0.15, 0.2) is 249 Å². The normalized spacial score (nSPS) is 15.1. The van der Waals surface area contributed by atoms with Crippen molar-refractivity contribution in [2.45, 2.75) is 18.9 Å². The summed E-state index contributed by atoms with van der Waals surface area (Å²) in [5.41, 5.74) is 17.7. The van der Waals surface area contributed by atoms with E-state index in [1.54, 1.807) is 0 Å². The second-order valence-corrected chi connectivity index (χ2v) is 19.5. The predicted octanol–water partition coefficient (Wildman–Crippen LogP) is 17.6. The molecular formula is C67H46N4. The highest BCUT2D eigenvalue weighted by Gasteiger charge is 2.30. The van der Waals surface area contributed by atoms with Gasteiger partial charge in [0, 0.05) is 71.2 Å². The van der Waals surface area contributed by atoms with Crippen LogP contribution in [-0.4, -0.2) is 18.3 Å². The highest BCUT2D eigenvalue weighted by molar-refractivity contribution is 6.18. The van der Waals surface area contributed by atoms with Crippen molar-refractivity contribution < 1.29 is 0 Å². The molecular weight excluding hydrogens is 861 g/mol. The lowest BCUT2D eigenvalue weighted by molar-refractivity contribution is 0.438. The molecule has 0 amide bonds. The molecule has 0 bridgehead atoms. The minimum atomic E-state index is -0.239. The van der Waals surface area contributed by atoms with Crippen LogP contribution >= 0.6 is 0 Å². The Morgan fingerprint density at radius 2 is 0.775 bits per heavy atom. The first-order valence-electron chi connectivity index (χ1n) is 24.7. The molecule has 0 fully saturated rings. The zero-order chi connectivity index (χ0) is 46.8. The van der Waals surface area contributed by atoms with Crippen molar-refractivity contribution in [2.24, 2.45) is 0 Å². The van der Waals surface area contributed by atoms with Gasteiger partial charge >= 0.3 is 0 Å². The van der Waals surface area contributed by atoms with Crippen LogP contribution < -0.4 is 0 Å². The van der Waals surface area contributed by atoms with E-state index in [-0.39, 0.29) is 5.54 Å². The van der Waals surface area contributed by atoms with E-state index in [4.69, 9.17) is 0 Å². The van der Waals surface area contributed by atoms with Gasteiger partial charge in [0.1, 0.15) is 0 Å². The maximum Gasteiger partial charge on any atom is 0.0644 e. The van der Waals surface area contributed by atoms with Crippen LogP contribution in [0.4, 0.5) is 0 Å². The van der Waals surface area contributed by atoms with Gasteiger partial charge in [-0.15, -0.1) is 0 Å². The molecule has 14 aromatic rings. The zero-order valence-electron chi connectivity index (χ0n) is 39.2. The molecule has 0 spiro atoms. The van der Waals surface area contributed by atoms with Crippen LogP contribution in [0.25, 0.3) is 127 Å². The Morgan fingerprint density at radius 3 is 1.32 bits per heavy atom. The average Bonchev–Trinajstić information content (AvgIpc) is 4.17. The van der Waals surface area contributed by atoms with Crippen LogP contribution in [0.5, 0.6) is 0 Å². The molecule has 0 saturated heterocycles. The van der Waals surface area contributed by atoms with Crippen molar-refractivity contribution in [3.8, 4) is 33.6 Å². The summed E-state index contributed by atoms with van der Waals surface area (Å²) in [7, 11) is 0. The largest absolute Gasteiger partial charge is 0.331 e. The van der Waals surface area contributed by atoms with Gasteiger partial charge in [-0.2, -0.15) is 0 Å². The number of allylic oxidation sites excluding steroid dienone is 4. The van der Waals surface area contributed by atoms with Gasteiger partial charge in [0.2, 0.25) is 0 Å². The monoisotopic (exact) mass is 906 g/mol. The third-order valence-corrected chi connectivity index (χ3v) is 15.5. The Balaban J connectivity index is 0.848. The van der Waals surface area contributed by atoms with E-state index in [0.717, 1.165) is 17.8 Å². The summed E-state index contributed by atoms with van der Waals surface area (Å²) < 4.78 is 9.89. The number of fused-ring (bicyclic) bond motifs is 12. The molecule has 1 aliphatic rings. The van der Waals surface area contributed by atoms with E-state index in [2.05, 4.69) is 274 Å². The third-order valence-electron chi connectivity index (χ3n) is 15.5. The molecule has 71 heavy (non-hydrogen) atoms. The molecule has 10 aromatic carbocycles. The number of para-hydroxylation sites is 6. The molecule has 334 valence electrons. The molecule has 4 aromatic heterocycles. The predicted molar refractivity (Wildman–Crippen MR) is 300 cm³/mol. The second-order valence-electron chi connectivity index (χ2n) is 19.5. The minimum Gasteiger partial charge on any atom is -0.331 e. The van der Waals surface area contributed by atoms with E-state index in [0.29, 0.717) is 0 Å². The van der Waals surface area contributed by atoms with E-state index in [9.17, 15) is 0 Å². The molecule has 1 unspecified atom stereocenters. The molecule has 4 nitrogen and oxygen atoms in total. The van der Waals surface area contributed by atoms with Crippen molar-refractivity contribution in [2.75, 3.05) is 0 Å². The lowest BCUT2D eigenvalue weighted by Gasteiger charge is -2.32. The van der Waals surface area contributed by atoms with E-state index in [1.165, 1.54) is 115 Å². The zero-order valence-corrected chi connectivity index (χ0v) is 39.2. The number of hydrogen-bond donors (Lipinski definition) is 0. The number of aromatic nitrogens is 4. The Morgan fingerprint density at radius 1 is 0.338 bits per heavy atom. The first kappa shape index (κ1) is 39.8. The summed E-state index contributed by atoms with van der Waals surface area (Å²) in [5.74, 6) is 0. The fourth-order valence-electron chi connectivity index (χ4n) is 12.3. The summed E-state index contributed by atoms with van der Waals surface area (Å²) >= 11 is 0. The van der Waals surface area contributed by atoms with E-state index < -0.39 is 0 Å². The van der Waals surface area contributed by atoms with Gasteiger partial charge in [-0.3, -0.25) is 0 Å². The summed E-state index contributed by atoms with van der Waals surface area (Å²) in [4.78, 5) is 0. The Labute approximate surface area is 410 Å². The van der Waals surface area contributed by atoms with E-state index >= 15 is 0 Å². The quantitative estimate of drug-likeness (QED) is 0.158. The summed E-state index contributed by atoms with van der Waals surface area (Å²) in [5, 5.41) is 10.1. The van der Waals surface area contributed by atoms with Crippen LogP contribution in [-0.2, 0) is 5.54 Å². The number of nitrogens with zero attached hydrogens (tertiary/aromatic N) is 4. The van der Waals surface area contributed by atoms with Crippen LogP contribution in [0.1, 0.15) is 13.3 Å². The molecule has 4 heterocycles. The second kappa shape index (κ2) is 15.2. The summed E-state index contributed by atoms with van der Waals surface area (Å²) in [6.45, 7) is 2.37. The fraction of sp³-hybridized carbons (Fsp3) is 0.0448. The van der Waals surface area contributed by atoms with Crippen molar-refractivity contribution in [3.05, 3.63) is 249 Å². The molecule has 0 aliphatic heterocycles.